The van der Waals surface area contributed by atoms with Crippen molar-refractivity contribution in [2.24, 2.45) is 0 Å². The maximum Gasteiger partial charge on any atom is 0.282 e. The Kier molecular flexibility index (Phi) is 4.59. The predicted molar refractivity (Wildman–Crippen MR) is 84.6 cm³/mol. The molecule has 0 bridgehead atoms. The molecule has 0 spiro atoms. The minimum absolute atomic E-state index is 0.216. The van der Waals surface area contributed by atoms with Crippen LogP contribution in [-0.4, -0.2) is 15.9 Å². The number of phenolic OH excluding ortho intramolecular Hbond substituents is 1. The number of amides is 1. The molecule has 0 radical (unpaired) electrons. The Hall–Kier alpha value is -1.93. The molecule has 0 atom stereocenters. The second-order valence-electron chi connectivity index (χ2n) is 4.04. The normalized spacial score (nSPS) is 10.2. The molecule has 0 aromatic heterocycles. The summed E-state index contributed by atoms with van der Waals surface area (Å²) < 4.78 is 1.37. The van der Waals surface area contributed by atoms with Crippen molar-refractivity contribution < 1.29 is 14.8 Å². The minimum Gasteiger partial charge on any atom is -0.508 e. The van der Waals surface area contributed by atoms with Crippen LogP contribution in [-0.2, 0) is 0 Å². The molecule has 21 heavy (non-hydrogen) atoms. The molecule has 0 aliphatic heterocycles. The van der Waals surface area contributed by atoms with Crippen molar-refractivity contribution in [2.75, 3.05) is 5.32 Å². The van der Waals surface area contributed by atoms with E-state index in [1.807, 2.05) is 0 Å². The van der Waals surface area contributed by atoms with E-state index in [0.29, 0.717) is 10.2 Å². The maximum absolute atomic E-state index is 12.2. The van der Waals surface area contributed by atoms with Crippen molar-refractivity contribution in [1.82, 2.24) is 0 Å². The number of nitrogens with zero attached hydrogens (tertiary/aromatic N) is 1. The van der Waals surface area contributed by atoms with Crippen LogP contribution in [0, 0.1) is 10.1 Å². The SMILES string of the molecule is O=C(Nc1cc(Br)ccc1Br)c1cc(O)ccc1[N+](=O)[O-]. The standard InChI is InChI=1S/C13H8Br2N2O4/c14-7-1-3-10(15)11(5-7)16-13(19)9-6-8(18)2-4-12(9)17(20)21/h1-6,18H,(H,16,19). The molecule has 2 aromatic carbocycles. The lowest BCUT2D eigenvalue weighted by Crippen LogP contribution is -2.14. The summed E-state index contributed by atoms with van der Waals surface area (Å²) in [6.45, 7) is 0. The molecular weight excluding hydrogens is 408 g/mol. The molecule has 2 rings (SSSR count). The van der Waals surface area contributed by atoms with Crippen molar-refractivity contribution in [1.29, 1.82) is 0 Å². The molecule has 8 heteroatoms. The molecular formula is C13H8Br2N2O4. The molecule has 2 aromatic rings. The second-order valence-corrected chi connectivity index (χ2v) is 5.81. The summed E-state index contributed by atoms with van der Waals surface area (Å²) in [5, 5.41) is 22.9. The largest absolute Gasteiger partial charge is 0.508 e. The molecule has 0 unspecified atom stereocenters. The summed E-state index contributed by atoms with van der Waals surface area (Å²) in [5.41, 5.74) is -0.143. The van der Waals surface area contributed by atoms with Gasteiger partial charge in [0.05, 0.1) is 10.6 Å². The van der Waals surface area contributed by atoms with Crippen molar-refractivity contribution in [2.45, 2.75) is 0 Å². The first kappa shape index (κ1) is 15.5. The number of carbonyl (C=O) groups is 1. The van der Waals surface area contributed by atoms with Gasteiger partial charge in [0.25, 0.3) is 11.6 Å². The van der Waals surface area contributed by atoms with Crippen molar-refractivity contribution in [3.8, 4) is 5.75 Å². The van der Waals surface area contributed by atoms with E-state index in [9.17, 15) is 20.0 Å². The third-order valence-corrected chi connectivity index (χ3v) is 3.78. The Morgan fingerprint density at radius 3 is 2.57 bits per heavy atom. The van der Waals surface area contributed by atoms with Crippen LogP contribution in [0.15, 0.2) is 45.3 Å². The van der Waals surface area contributed by atoms with Crippen LogP contribution in [0.25, 0.3) is 0 Å². The first-order chi connectivity index (χ1) is 9.88. The number of halogens is 2. The van der Waals surface area contributed by atoms with Gasteiger partial charge in [-0.25, -0.2) is 0 Å². The third-order valence-electron chi connectivity index (χ3n) is 2.60. The average Bonchev–Trinajstić information content (AvgIpc) is 2.42. The van der Waals surface area contributed by atoms with E-state index in [1.54, 1.807) is 18.2 Å². The Balaban J connectivity index is 2.39. The number of phenols is 1. The van der Waals surface area contributed by atoms with Crippen LogP contribution in [0.3, 0.4) is 0 Å². The van der Waals surface area contributed by atoms with Gasteiger partial charge in [0.2, 0.25) is 0 Å². The number of anilines is 1. The molecule has 0 saturated heterocycles. The number of benzene rings is 2. The van der Waals surface area contributed by atoms with Gasteiger partial charge >= 0.3 is 0 Å². The van der Waals surface area contributed by atoms with E-state index in [-0.39, 0.29) is 17.0 Å². The Labute approximate surface area is 136 Å². The Bertz CT molecular complexity index is 734. The summed E-state index contributed by atoms with van der Waals surface area (Å²) in [5.74, 6) is -0.907. The Morgan fingerprint density at radius 2 is 1.90 bits per heavy atom. The van der Waals surface area contributed by atoms with Crippen LogP contribution in [0.2, 0.25) is 0 Å². The molecule has 0 aliphatic carbocycles. The molecule has 2 N–H and O–H groups in total. The lowest BCUT2D eigenvalue weighted by atomic mass is 10.1. The fourth-order valence-corrected chi connectivity index (χ4v) is 2.35. The predicted octanol–water partition coefficient (Wildman–Crippen LogP) is 4.08. The van der Waals surface area contributed by atoms with Crippen molar-refractivity contribution in [3.63, 3.8) is 0 Å². The van der Waals surface area contributed by atoms with Gasteiger partial charge in [0.15, 0.2) is 0 Å². The van der Waals surface area contributed by atoms with E-state index in [1.165, 1.54) is 0 Å². The Morgan fingerprint density at radius 1 is 1.19 bits per heavy atom. The zero-order valence-electron chi connectivity index (χ0n) is 10.3. The van der Waals surface area contributed by atoms with Gasteiger partial charge in [-0.1, -0.05) is 15.9 Å². The molecule has 108 valence electrons. The topological polar surface area (TPSA) is 92.5 Å². The molecule has 1 amide bonds. The first-order valence-corrected chi connectivity index (χ1v) is 7.21. The molecule has 0 heterocycles. The van der Waals surface area contributed by atoms with E-state index >= 15 is 0 Å². The van der Waals surface area contributed by atoms with Gasteiger partial charge in [0.1, 0.15) is 11.3 Å². The van der Waals surface area contributed by atoms with Gasteiger partial charge in [-0.05, 0) is 46.3 Å². The lowest BCUT2D eigenvalue weighted by molar-refractivity contribution is -0.385. The number of rotatable bonds is 3. The van der Waals surface area contributed by atoms with E-state index in [0.717, 1.165) is 22.7 Å². The molecule has 0 fully saturated rings. The van der Waals surface area contributed by atoms with Crippen LogP contribution in [0.5, 0.6) is 5.75 Å². The van der Waals surface area contributed by atoms with Gasteiger partial charge in [0, 0.05) is 15.0 Å². The number of carbonyl (C=O) groups excluding carboxylic acids is 1. The van der Waals surface area contributed by atoms with Crippen LogP contribution >= 0.6 is 31.9 Å². The third kappa shape index (κ3) is 3.59. The fraction of sp³-hybridized carbons (Fsp3) is 0. The van der Waals surface area contributed by atoms with Crippen molar-refractivity contribution in [3.05, 3.63) is 61.0 Å². The van der Waals surface area contributed by atoms with E-state index in [4.69, 9.17) is 0 Å². The van der Waals surface area contributed by atoms with E-state index in [2.05, 4.69) is 37.2 Å². The quantitative estimate of drug-likeness (QED) is 0.583. The summed E-state index contributed by atoms with van der Waals surface area (Å²) in [6, 6.07) is 8.44. The first-order valence-electron chi connectivity index (χ1n) is 5.62. The highest BCUT2D eigenvalue weighted by Crippen LogP contribution is 2.29. The van der Waals surface area contributed by atoms with Crippen molar-refractivity contribution >= 4 is 49.1 Å². The number of nitro benzene ring substituents is 1. The van der Waals surface area contributed by atoms with Crippen LogP contribution in [0.4, 0.5) is 11.4 Å². The number of hydrogen-bond acceptors (Lipinski definition) is 4. The van der Waals surface area contributed by atoms with E-state index < -0.39 is 10.8 Å². The highest BCUT2D eigenvalue weighted by molar-refractivity contribution is 9.11. The minimum atomic E-state index is -0.684. The zero-order chi connectivity index (χ0) is 15.6. The molecule has 0 saturated carbocycles. The van der Waals surface area contributed by atoms with Gasteiger partial charge < -0.3 is 10.4 Å². The molecule has 6 nitrogen and oxygen atoms in total. The zero-order valence-corrected chi connectivity index (χ0v) is 13.5. The number of nitrogens with one attached hydrogen (secondary N) is 1. The number of hydrogen-bond donors (Lipinski definition) is 2. The number of nitro groups is 1. The summed E-state index contributed by atoms with van der Waals surface area (Å²) >= 11 is 6.55. The summed E-state index contributed by atoms with van der Waals surface area (Å²) in [4.78, 5) is 22.5. The smallest absolute Gasteiger partial charge is 0.282 e. The van der Waals surface area contributed by atoms with Gasteiger partial charge in [-0.2, -0.15) is 0 Å². The second kappa shape index (κ2) is 6.23. The average molecular weight is 416 g/mol. The molecule has 0 aliphatic rings. The monoisotopic (exact) mass is 414 g/mol. The lowest BCUT2D eigenvalue weighted by Gasteiger charge is -2.08. The highest BCUT2D eigenvalue weighted by Gasteiger charge is 2.21. The fourth-order valence-electron chi connectivity index (χ4n) is 1.65. The van der Waals surface area contributed by atoms with Gasteiger partial charge in [-0.15, -0.1) is 0 Å². The van der Waals surface area contributed by atoms with Crippen LogP contribution in [0.1, 0.15) is 10.4 Å². The van der Waals surface area contributed by atoms with Gasteiger partial charge in [-0.3, -0.25) is 14.9 Å². The summed E-state index contributed by atoms with van der Waals surface area (Å²) in [7, 11) is 0. The summed E-state index contributed by atoms with van der Waals surface area (Å²) in [6.07, 6.45) is 0. The number of aromatic hydroxyl groups is 1. The van der Waals surface area contributed by atoms with Crippen LogP contribution < -0.4 is 5.32 Å². The maximum atomic E-state index is 12.2. The highest BCUT2D eigenvalue weighted by atomic mass is 79.9.